The minimum Gasteiger partial charge on any atom is -0.493 e. The highest BCUT2D eigenvalue weighted by Crippen LogP contribution is 2.33. The van der Waals surface area contributed by atoms with Crippen molar-refractivity contribution in [2.75, 3.05) is 34.9 Å². The molecule has 0 aliphatic carbocycles. The molecule has 0 aliphatic rings. The molecule has 0 spiro atoms. The first-order valence-electron chi connectivity index (χ1n) is 8.34. The van der Waals surface area contributed by atoms with Crippen molar-refractivity contribution in [3.63, 3.8) is 0 Å². The van der Waals surface area contributed by atoms with Crippen LogP contribution in [0.25, 0.3) is 0 Å². The molecule has 0 radical (unpaired) electrons. The predicted octanol–water partition coefficient (Wildman–Crippen LogP) is 3.43. The summed E-state index contributed by atoms with van der Waals surface area (Å²) in [6.07, 6.45) is 0.248. The Balaban J connectivity index is 2.15. The minimum absolute atomic E-state index is 0.0476. The Bertz CT molecular complexity index is 735. The molecule has 6 heteroatoms. The molecule has 5 nitrogen and oxygen atoms in total. The lowest BCUT2D eigenvalue weighted by atomic mass is 10.1. The molecule has 26 heavy (non-hydrogen) atoms. The Morgan fingerprint density at radius 2 is 1.73 bits per heavy atom. The quantitative estimate of drug-likeness (QED) is 0.710. The second kappa shape index (κ2) is 9.59. The van der Waals surface area contributed by atoms with Gasteiger partial charge in [0.1, 0.15) is 0 Å². The van der Waals surface area contributed by atoms with E-state index in [0.717, 1.165) is 22.1 Å². The fourth-order valence-corrected chi connectivity index (χ4v) is 3.20. The Kier molecular flexibility index (Phi) is 7.48. The van der Waals surface area contributed by atoms with E-state index < -0.39 is 0 Å². The minimum atomic E-state index is -0.0716. The number of methoxy groups -OCH3 is 2. The summed E-state index contributed by atoms with van der Waals surface area (Å²) in [5, 5.41) is 3.13. The Morgan fingerprint density at radius 1 is 1.12 bits per heavy atom. The predicted molar refractivity (Wildman–Crippen MR) is 107 cm³/mol. The zero-order valence-corrected chi connectivity index (χ0v) is 17.2. The SMILES string of the molecule is COc1cc(Br)c(CC(=O)N[C@H](CN(C)C)c2ccccc2)cc1OC. The number of rotatable bonds is 8. The molecule has 0 bridgehead atoms. The molecule has 1 atom stereocenters. The first-order valence-corrected chi connectivity index (χ1v) is 9.13. The van der Waals surface area contributed by atoms with Gasteiger partial charge in [0.05, 0.1) is 26.7 Å². The Hall–Kier alpha value is -2.05. The standard InChI is InChI=1S/C20H25BrN2O3/c1-23(2)13-17(14-8-6-5-7-9-14)22-20(24)11-15-10-18(25-3)19(26-4)12-16(15)21/h5-10,12,17H,11,13H2,1-4H3,(H,22,24)/t17-/m1/s1. The summed E-state index contributed by atoms with van der Waals surface area (Å²) in [7, 11) is 7.15. The zero-order chi connectivity index (χ0) is 19.1. The largest absolute Gasteiger partial charge is 0.493 e. The molecule has 0 saturated heterocycles. The molecule has 0 fully saturated rings. The van der Waals surface area contributed by atoms with Gasteiger partial charge in [0.2, 0.25) is 5.91 Å². The summed E-state index contributed by atoms with van der Waals surface area (Å²) < 4.78 is 11.4. The number of halogens is 1. The lowest BCUT2D eigenvalue weighted by Gasteiger charge is -2.23. The third kappa shape index (κ3) is 5.47. The second-order valence-electron chi connectivity index (χ2n) is 6.27. The van der Waals surface area contributed by atoms with E-state index in [4.69, 9.17) is 9.47 Å². The van der Waals surface area contributed by atoms with E-state index in [1.54, 1.807) is 14.2 Å². The van der Waals surface area contributed by atoms with Gasteiger partial charge in [0.25, 0.3) is 0 Å². The zero-order valence-electron chi connectivity index (χ0n) is 15.6. The van der Waals surface area contributed by atoms with Crippen molar-refractivity contribution in [2.24, 2.45) is 0 Å². The number of nitrogens with zero attached hydrogens (tertiary/aromatic N) is 1. The van der Waals surface area contributed by atoms with Crippen LogP contribution in [0.15, 0.2) is 46.9 Å². The first-order chi connectivity index (χ1) is 12.4. The number of ether oxygens (including phenoxy) is 2. The second-order valence-corrected chi connectivity index (χ2v) is 7.12. The van der Waals surface area contributed by atoms with Crippen LogP contribution in [0.1, 0.15) is 17.2 Å². The number of hydrogen-bond donors (Lipinski definition) is 1. The molecule has 2 aromatic carbocycles. The van der Waals surface area contributed by atoms with Gasteiger partial charge in [0.15, 0.2) is 11.5 Å². The normalized spacial score (nSPS) is 11.9. The summed E-state index contributed by atoms with van der Waals surface area (Å²) in [5.41, 5.74) is 1.93. The van der Waals surface area contributed by atoms with Crippen molar-refractivity contribution in [1.29, 1.82) is 0 Å². The maximum absolute atomic E-state index is 12.7. The number of amides is 1. The summed E-state index contributed by atoms with van der Waals surface area (Å²) in [5.74, 6) is 1.18. The van der Waals surface area contributed by atoms with Gasteiger partial charge in [-0.15, -0.1) is 0 Å². The molecule has 1 N–H and O–H groups in total. The highest BCUT2D eigenvalue weighted by atomic mass is 79.9. The number of carbonyl (C=O) groups is 1. The first kappa shape index (κ1) is 20.3. The van der Waals surface area contributed by atoms with E-state index >= 15 is 0 Å². The molecule has 0 unspecified atom stereocenters. The molecule has 2 rings (SSSR count). The Labute approximate surface area is 163 Å². The molecule has 2 aromatic rings. The van der Waals surface area contributed by atoms with Crippen LogP contribution in [0.3, 0.4) is 0 Å². The lowest BCUT2D eigenvalue weighted by molar-refractivity contribution is -0.121. The summed E-state index contributed by atoms with van der Waals surface area (Å²) >= 11 is 3.51. The smallest absolute Gasteiger partial charge is 0.224 e. The third-order valence-corrected chi connectivity index (χ3v) is 4.73. The fraction of sp³-hybridized carbons (Fsp3) is 0.350. The van der Waals surface area contributed by atoms with Crippen molar-refractivity contribution in [3.05, 3.63) is 58.1 Å². The van der Waals surface area contributed by atoms with Gasteiger partial charge in [0, 0.05) is 11.0 Å². The third-order valence-electron chi connectivity index (χ3n) is 3.99. The van der Waals surface area contributed by atoms with Crippen LogP contribution < -0.4 is 14.8 Å². The van der Waals surface area contributed by atoms with Crippen molar-refractivity contribution in [1.82, 2.24) is 10.2 Å². The van der Waals surface area contributed by atoms with Gasteiger partial charge < -0.3 is 19.7 Å². The van der Waals surface area contributed by atoms with Crippen molar-refractivity contribution in [3.8, 4) is 11.5 Å². The van der Waals surface area contributed by atoms with Gasteiger partial charge in [-0.3, -0.25) is 4.79 Å². The summed E-state index contributed by atoms with van der Waals surface area (Å²) in [6, 6.07) is 13.6. The van der Waals surface area contributed by atoms with Crippen LogP contribution in [0, 0.1) is 0 Å². The molecule has 1 amide bonds. The maximum Gasteiger partial charge on any atom is 0.224 e. The van der Waals surface area contributed by atoms with E-state index in [0.29, 0.717) is 11.5 Å². The van der Waals surface area contributed by atoms with E-state index in [1.807, 2.05) is 56.6 Å². The van der Waals surface area contributed by atoms with E-state index in [2.05, 4.69) is 26.1 Å². The molecule has 140 valence electrons. The van der Waals surface area contributed by atoms with Crippen molar-refractivity contribution < 1.29 is 14.3 Å². The van der Waals surface area contributed by atoms with Gasteiger partial charge in [-0.2, -0.15) is 0 Å². The van der Waals surface area contributed by atoms with Crippen LogP contribution >= 0.6 is 15.9 Å². The van der Waals surface area contributed by atoms with Crippen LogP contribution in [0.5, 0.6) is 11.5 Å². The monoisotopic (exact) mass is 420 g/mol. The average molecular weight is 421 g/mol. The van der Waals surface area contributed by atoms with Crippen LogP contribution in [-0.2, 0) is 11.2 Å². The topological polar surface area (TPSA) is 50.8 Å². The number of carbonyl (C=O) groups excluding carboxylic acids is 1. The number of nitrogens with one attached hydrogen (secondary N) is 1. The highest BCUT2D eigenvalue weighted by molar-refractivity contribution is 9.10. The molecule has 0 heterocycles. The van der Waals surface area contributed by atoms with Crippen LogP contribution in [0.2, 0.25) is 0 Å². The number of hydrogen-bond acceptors (Lipinski definition) is 4. The van der Waals surface area contributed by atoms with E-state index in [9.17, 15) is 4.79 Å². The highest BCUT2D eigenvalue weighted by Gasteiger charge is 2.18. The summed E-state index contributed by atoms with van der Waals surface area (Å²) in [6.45, 7) is 0.725. The maximum atomic E-state index is 12.7. The van der Waals surface area contributed by atoms with Gasteiger partial charge >= 0.3 is 0 Å². The van der Waals surface area contributed by atoms with Crippen molar-refractivity contribution in [2.45, 2.75) is 12.5 Å². The van der Waals surface area contributed by atoms with Crippen molar-refractivity contribution >= 4 is 21.8 Å². The van der Waals surface area contributed by atoms with Crippen LogP contribution in [0.4, 0.5) is 0 Å². The van der Waals surface area contributed by atoms with Gasteiger partial charge in [-0.1, -0.05) is 46.3 Å². The Morgan fingerprint density at radius 3 is 2.31 bits per heavy atom. The molecular formula is C20H25BrN2O3. The number of benzene rings is 2. The van der Waals surface area contributed by atoms with Gasteiger partial charge in [-0.05, 0) is 37.4 Å². The van der Waals surface area contributed by atoms with Crippen LogP contribution in [-0.4, -0.2) is 45.7 Å². The molecular weight excluding hydrogens is 396 g/mol. The van der Waals surface area contributed by atoms with E-state index in [-0.39, 0.29) is 18.4 Å². The average Bonchev–Trinajstić information content (AvgIpc) is 2.62. The molecule has 0 aromatic heterocycles. The van der Waals surface area contributed by atoms with Gasteiger partial charge in [-0.25, -0.2) is 0 Å². The number of likely N-dealkylation sites (N-methyl/N-ethyl adjacent to an activating group) is 1. The lowest BCUT2D eigenvalue weighted by Crippen LogP contribution is -2.36. The molecule has 0 aliphatic heterocycles. The summed E-state index contributed by atoms with van der Waals surface area (Å²) in [4.78, 5) is 14.7. The molecule has 0 saturated carbocycles. The van der Waals surface area contributed by atoms with E-state index in [1.165, 1.54) is 0 Å². The fourth-order valence-electron chi connectivity index (χ4n) is 2.73.